The summed E-state index contributed by atoms with van der Waals surface area (Å²) in [7, 11) is -3.75. The Bertz CT molecular complexity index is 1230. The van der Waals surface area contributed by atoms with Crippen LogP contribution in [0.15, 0.2) is 71.6 Å². The summed E-state index contributed by atoms with van der Waals surface area (Å²) in [5, 5.41) is 2.78. The van der Waals surface area contributed by atoms with Crippen LogP contribution >= 0.6 is 0 Å². The zero-order valence-corrected chi connectivity index (χ0v) is 20.0. The van der Waals surface area contributed by atoms with Gasteiger partial charge in [0.2, 0.25) is 0 Å². The van der Waals surface area contributed by atoms with Crippen molar-refractivity contribution in [3.63, 3.8) is 0 Å². The van der Waals surface area contributed by atoms with E-state index in [0.717, 1.165) is 30.6 Å². The Kier molecular flexibility index (Phi) is 7.19. The lowest BCUT2D eigenvalue weighted by molar-refractivity contribution is 0.0679. The maximum absolute atomic E-state index is 12.7. The van der Waals surface area contributed by atoms with Crippen molar-refractivity contribution in [2.24, 2.45) is 0 Å². The van der Waals surface area contributed by atoms with E-state index in [-0.39, 0.29) is 16.9 Å². The SMILES string of the molecule is Cc1cc(C)cc(NS(=O)(=O)c2ccc(NC(=O)c3ccc(OCC4CCCO4)cc3)cc2)c1. The number of ether oxygens (including phenoxy) is 2. The van der Waals surface area contributed by atoms with Crippen molar-refractivity contribution in [2.75, 3.05) is 23.3 Å². The molecule has 1 atom stereocenters. The van der Waals surface area contributed by atoms with Gasteiger partial charge in [-0.15, -0.1) is 0 Å². The van der Waals surface area contributed by atoms with E-state index < -0.39 is 10.0 Å². The van der Waals surface area contributed by atoms with Crippen molar-refractivity contribution in [3.8, 4) is 5.75 Å². The molecule has 34 heavy (non-hydrogen) atoms. The van der Waals surface area contributed by atoms with E-state index in [1.807, 2.05) is 19.9 Å². The van der Waals surface area contributed by atoms with Crippen LogP contribution in [0.25, 0.3) is 0 Å². The van der Waals surface area contributed by atoms with E-state index in [0.29, 0.717) is 29.3 Å². The molecule has 0 bridgehead atoms. The third-order valence-electron chi connectivity index (χ3n) is 5.47. The van der Waals surface area contributed by atoms with Crippen LogP contribution in [0.3, 0.4) is 0 Å². The number of amides is 1. The first-order valence-corrected chi connectivity index (χ1v) is 12.6. The molecule has 0 aliphatic carbocycles. The minimum absolute atomic E-state index is 0.109. The van der Waals surface area contributed by atoms with E-state index in [2.05, 4.69) is 10.0 Å². The minimum atomic E-state index is -3.75. The first kappa shape index (κ1) is 23.8. The summed E-state index contributed by atoms with van der Waals surface area (Å²) in [6, 6.07) is 18.4. The van der Waals surface area contributed by atoms with Gasteiger partial charge in [0.25, 0.3) is 15.9 Å². The van der Waals surface area contributed by atoms with Gasteiger partial charge in [-0.1, -0.05) is 6.07 Å². The van der Waals surface area contributed by atoms with Crippen molar-refractivity contribution < 1.29 is 22.7 Å². The monoisotopic (exact) mass is 480 g/mol. The van der Waals surface area contributed by atoms with Gasteiger partial charge < -0.3 is 14.8 Å². The molecule has 1 amide bonds. The summed E-state index contributed by atoms with van der Waals surface area (Å²) < 4.78 is 39.3. The fourth-order valence-corrected chi connectivity index (χ4v) is 4.88. The molecule has 0 radical (unpaired) electrons. The molecule has 1 unspecified atom stereocenters. The highest BCUT2D eigenvalue weighted by molar-refractivity contribution is 7.92. The molecule has 3 aromatic rings. The number of sulfonamides is 1. The number of carbonyl (C=O) groups is 1. The summed E-state index contributed by atoms with van der Waals surface area (Å²) in [4.78, 5) is 12.7. The van der Waals surface area contributed by atoms with Crippen LogP contribution in [0.1, 0.15) is 34.3 Å². The molecule has 178 valence electrons. The fourth-order valence-electron chi connectivity index (χ4n) is 3.84. The quantitative estimate of drug-likeness (QED) is 0.478. The molecule has 8 heteroatoms. The van der Waals surface area contributed by atoms with Gasteiger partial charge in [-0.25, -0.2) is 8.42 Å². The molecule has 1 heterocycles. The Hall–Kier alpha value is -3.36. The van der Waals surface area contributed by atoms with Crippen LogP contribution in [0.2, 0.25) is 0 Å². The molecule has 4 rings (SSSR count). The summed E-state index contributed by atoms with van der Waals surface area (Å²) in [6.07, 6.45) is 2.19. The van der Waals surface area contributed by atoms with Gasteiger partial charge in [-0.2, -0.15) is 0 Å². The fraction of sp³-hybridized carbons (Fsp3) is 0.269. The lowest BCUT2D eigenvalue weighted by Gasteiger charge is -2.12. The van der Waals surface area contributed by atoms with Crippen molar-refractivity contribution in [1.29, 1.82) is 0 Å². The first-order chi connectivity index (χ1) is 16.3. The average Bonchev–Trinajstić information content (AvgIpc) is 3.31. The van der Waals surface area contributed by atoms with E-state index in [4.69, 9.17) is 9.47 Å². The number of hydrogen-bond donors (Lipinski definition) is 2. The zero-order valence-electron chi connectivity index (χ0n) is 19.2. The second kappa shape index (κ2) is 10.3. The van der Waals surface area contributed by atoms with E-state index >= 15 is 0 Å². The van der Waals surface area contributed by atoms with Gasteiger partial charge in [0, 0.05) is 23.5 Å². The number of hydrogen-bond acceptors (Lipinski definition) is 5. The Balaban J connectivity index is 1.35. The van der Waals surface area contributed by atoms with Crippen LogP contribution in [0.5, 0.6) is 5.75 Å². The van der Waals surface area contributed by atoms with Crippen LogP contribution < -0.4 is 14.8 Å². The number of benzene rings is 3. The molecule has 1 saturated heterocycles. The van der Waals surface area contributed by atoms with Gasteiger partial charge in [0.15, 0.2) is 0 Å². The zero-order chi connectivity index (χ0) is 24.1. The summed E-state index contributed by atoms with van der Waals surface area (Å²) in [5.41, 5.74) is 3.42. The molecule has 0 spiro atoms. The molecule has 1 aliphatic rings. The van der Waals surface area contributed by atoms with Crippen LogP contribution in [-0.4, -0.2) is 33.6 Å². The predicted octanol–water partition coefficient (Wildman–Crippen LogP) is 4.91. The van der Waals surface area contributed by atoms with Crippen LogP contribution in [0.4, 0.5) is 11.4 Å². The number of rotatable bonds is 8. The summed E-state index contributed by atoms with van der Waals surface area (Å²) in [6.45, 7) is 5.10. The molecule has 2 N–H and O–H groups in total. The highest BCUT2D eigenvalue weighted by Gasteiger charge is 2.17. The smallest absolute Gasteiger partial charge is 0.261 e. The molecule has 1 fully saturated rings. The maximum Gasteiger partial charge on any atom is 0.261 e. The van der Waals surface area contributed by atoms with Crippen LogP contribution in [0, 0.1) is 13.8 Å². The molecule has 0 saturated carbocycles. The number of nitrogens with one attached hydrogen (secondary N) is 2. The largest absolute Gasteiger partial charge is 0.491 e. The number of anilines is 2. The molecular weight excluding hydrogens is 452 g/mol. The molecule has 3 aromatic carbocycles. The van der Waals surface area contributed by atoms with Gasteiger partial charge in [0.1, 0.15) is 12.4 Å². The van der Waals surface area contributed by atoms with Crippen molar-refractivity contribution in [3.05, 3.63) is 83.4 Å². The Morgan fingerprint density at radius 2 is 1.65 bits per heavy atom. The first-order valence-electron chi connectivity index (χ1n) is 11.2. The van der Waals surface area contributed by atoms with Crippen molar-refractivity contribution >= 4 is 27.3 Å². The Morgan fingerprint density at radius 1 is 0.971 bits per heavy atom. The molecular formula is C26H28N2O5S. The molecule has 0 aromatic heterocycles. The van der Waals surface area contributed by atoms with Gasteiger partial charge in [-0.05, 0) is 98.5 Å². The van der Waals surface area contributed by atoms with Crippen LogP contribution in [-0.2, 0) is 14.8 Å². The van der Waals surface area contributed by atoms with E-state index in [1.54, 1.807) is 48.5 Å². The topological polar surface area (TPSA) is 93.7 Å². The summed E-state index contributed by atoms with van der Waals surface area (Å²) in [5.74, 6) is 0.382. The summed E-state index contributed by atoms with van der Waals surface area (Å²) >= 11 is 0. The molecule has 7 nitrogen and oxygen atoms in total. The maximum atomic E-state index is 12.7. The predicted molar refractivity (Wildman–Crippen MR) is 132 cm³/mol. The molecule has 1 aliphatic heterocycles. The highest BCUT2D eigenvalue weighted by Crippen LogP contribution is 2.21. The minimum Gasteiger partial charge on any atom is -0.491 e. The van der Waals surface area contributed by atoms with E-state index in [9.17, 15) is 13.2 Å². The second-order valence-electron chi connectivity index (χ2n) is 8.43. The van der Waals surface area contributed by atoms with Crippen molar-refractivity contribution in [2.45, 2.75) is 37.7 Å². The third kappa shape index (κ3) is 6.15. The lowest BCUT2D eigenvalue weighted by atomic mass is 10.1. The average molecular weight is 481 g/mol. The third-order valence-corrected chi connectivity index (χ3v) is 6.87. The normalized spacial score (nSPS) is 15.6. The number of carbonyl (C=O) groups excluding carboxylic acids is 1. The lowest BCUT2D eigenvalue weighted by Crippen LogP contribution is -2.16. The second-order valence-corrected chi connectivity index (χ2v) is 10.1. The Morgan fingerprint density at radius 3 is 2.26 bits per heavy atom. The van der Waals surface area contributed by atoms with Crippen molar-refractivity contribution in [1.82, 2.24) is 0 Å². The van der Waals surface area contributed by atoms with Gasteiger partial charge >= 0.3 is 0 Å². The van der Waals surface area contributed by atoms with Gasteiger partial charge in [0.05, 0.1) is 11.0 Å². The highest BCUT2D eigenvalue weighted by atomic mass is 32.2. The van der Waals surface area contributed by atoms with E-state index in [1.165, 1.54) is 12.1 Å². The Labute approximate surface area is 200 Å². The number of aryl methyl sites for hydroxylation is 2. The standard InChI is InChI=1S/C26H28N2O5S/c1-18-14-19(2)16-22(15-18)28-34(30,31)25-11-7-21(8-12-25)27-26(29)20-5-9-23(10-6-20)33-17-24-4-3-13-32-24/h5-12,14-16,24,28H,3-4,13,17H2,1-2H3,(H,27,29). The van der Waals surface area contributed by atoms with Gasteiger partial charge in [-0.3, -0.25) is 9.52 Å².